The molecule has 0 saturated carbocycles. The molecule has 0 aliphatic carbocycles. The normalized spacial score (nSPS) is 11.2. The van der Waals surface area contributed by atoms with Crippen molar-refractivity contribution in [1.29, 1.82) is 0 Å². The summed E-state index contributed by atoms with van der Waals surface area (Å²) < 4.78 is 22.6. The zero-order valence-electron chi connectivity index (χ0n) is 13.4. The quantitative estimate of drug-likeness (QED) is 0.719. The highest BCUT2D eigenvalue weighted by Gasteiger charge is 2.18. The number of hydrogen-bond acceptors (Lipinski definition) is 5. The van der Waals surface area contributed by atoms with Crippen LogP contribution in [0.1, 0.15) is 22.0 Å². The molecule has 0 unspecified atom stereocenters. The molecule has 24 heavy (non-hydrogen) atoms. The number of benzene rings is 1. The van der Waals surface area contributed by atoms with Gasteiger partial charge in [-0.1, -0.05) is 0 Å². The van der Waals surface area contributed by atoms with Crippen LogP contribution in [0.15, 0.2) is 24.5 Å². The summed E-state index contributed by atoms with van der Waals surface area (Å²) in [6.45, 7) is 2.58. The monoisotopic (exact) mass is 332 g/mol. The molecule has 0 atom stereocenters. The summed E-state index contributed by atoms with van der Waals surface area (Å²) in [7, 11) is 1.24. The fraction of sp³-hybridized carbons (Fsp3) is 0.312. The molecule has 0 amide bonds. The van der Waals surface area contributed by atoms with Crippen molar-refractivity contribution in [1.82, 2.24) is 19.1 Å². The Labute approximate surface area is 137 Å². The molecule has 2 aromatic heterocycles. The molecule has 1 aromatic carbocycles. The molecule has 8 heteroatoms. The summed E-state index contributed by atoms with van der Waals surface area (Å²) in [5.41, 5.74) is 0.665. The first-order chi connectivity index (χ1) is 11.5. The van der Waals surface area contributed by atoms with Crippen LogP contribution in [0.3, 0.4) is 0 Å². The van der Waals surface area contributed by atoms with Gasteiger partial charge in [0.25, 0.3) is 0 Å². The van der Waals surface area contributed by atoms with E-state index in [0.29, 0.717) is 24.4 Å². The van der Waals surface area contributed by atoms with Gasteiger partial charge in [0.1, 0.15) is 23.8 Å². The van der Waals surface area contributed by atoms with Gasteiger partial charge < -0.3 is 19.0 Å². The van der Waals surface area contributed by atoms with E-state index in [1.54, 1.807) is 10.8 Å². The fourth-order valence-electron chi connectivity index (χ4n) is 2.68. The molecule has 0 aliphatic rings. The van der Waals surface area contributed by atoms with Crippen molar-refractivity contribution >= 4 is 17.0 Å². The molecule has 1 N–H and O–H groups in total. The first kappa shape index (κ1) is 16.1. The van der Waals surface area contributed by atoms with E-state index >= 15 is 0 Å². The van der Waals surface area contributed by atoms with Crippen LogP contribution in [0.2, 0.25) is 0 Å². The molecule has 0 aliphatic heterocycles. The topological polar surface area (TPSA) is 82.2 Å². The molecule has 126 valence electrons. The number of aliphatic hydroxyl groups excluding tert-OH is 1. The van der Waals surface area contributed by atoms with Crippen molar-refractivity contribution in [3.63, 3.8) is 0 Å². The Kier molecular flexibility index (Phi) is 4.30. The number of fused-ring (bicyclic) bond motifs is 1. The predicted molar refractivity (Wildman–Crippen MR) is 83.9 cm³/mol. The van der Waals surface area contributed by atoms with Gasteiger partial charge in [0.05, 0.1) is 18.2 Å². The van der Waals surface area contributed by atoms with E-state index in [1.165, 1.54) is 13.2 Å². The predicted octanol–water partition coefficient (Wildman–Crippen LogP) is 1.66. The van der Waals surface area contributed by atoms with Gasteiger partial charge in [0, 0.05) is 25.5 Å². The van der Waals surface area contributed by atoms with E-state index in [4.69, 9.17) is 0 Å². The molecule has 3 aromatic rings. The average Bonchev–Trinajstić information content (AvgIpc) is 3.15. The van der Waals surface area contributed by atoms with Crippen molar-refractivity contribution in [3.8, 4) is 0 Å². The number of aryl methyl sites for hydroxylation is 3. The second-order valence-electron chi connectivity index (χ2n) is 5.32. The molecule has 2 heterocycles. The zero-order chi connectivity index (χ0) is 17.3. The van der Waals surface area contributed by atoms with Crippen LogP contribution in [0, 0.1) is 12.7 Å². The van der Waals surface area contributed by atoms with Gasteiger partial charge >= 0.3 is 5.97 Å². The molecular formula is C16H17FN4O3. The molecule has 3 rings (SSSR count). The number of methoxy groups -OCH3 is 1. The standard InChI is InChI=1S/C16H17FN4O3/c1-10-18-3-4-20(10)5-6-21-13-8-11(16(23)24-2)7-12(17)15(13)19-14(21)9-22/h3-4,7-8,22H,5-6,9H2,1-2H3. The van der Waals surface area contributed by atoms with Gasteiger partial charge in [-0.3, -0.25) is 0 Å². The van der Waals surface area contributed by atoms with E-state index in [0.717, 1.165) is 11.9 Å². The smallest absolute Gasteiger partial charge is 0.338 e. The number of ether oxygens (including phenoxy) is 1. The number of aliphatic hydroxyl groups is 1. The lowest BCUT2D eigenvalue weighted by Crippen LogP contribution is -2.11. The molecule has 0 spiro atoms. The van der Waals surface area contributed by atoms with Crippen LogP contribution in [0.25, 0.3) is 11.0 Å². The van der Waals surface area contributed by atoms with Gasteiger partial charge in [-0.05, 0) is 19.1 Å². The first-order valence-corrected chi connectivity index (χ1v) is 7.40. The highest BCUT2D eigenvalue weighted by atomic mass is 19.1. The molecule has 0 radical (unpaired) electrons. The lowest BCUT2D eigenvalue weighted by atomic mass is 10.2. The largest absolute Gasteiger partial charge is 0.465 e. The lowest BCUT2D eigenvalue weighted by Gasteiger charge is -2.10. The minimum absolute atomic E-state index is 0.104. The molecule has 0 saturated heterocycles. The van der Waals surface area contributed by atoms with Crippen molar-refractivity contribution in [2.24, 2.45) is 0 Å². The van der Waals surface area contributed by atoms with Crippen LogP contribution in [-0.2, 0) is 24.4 Å². The second-order valence-corrected chi connectivity index (χ2v) is 5.32. The van der Waals surface area contributed by atoms with Crippen LogP contribution in [-0.4, -0.2) is 37.3 Å². The average molecular weight is 332 g/mol. The Morgan fingerprint density at radius 1 is 1.38 bits per heavy atom. The van der Waals surface area contributed by atoms with E-state index in [-0.39, 0.29) is 17.7 Å². The Balaban J connectivity index is 2.05. The van der Waals surface area contributed by atoms with E-state index in [1.807, 2.05) is 17.7 Å². The van der Waals surface area contributed by atoms with Gasteiger partial charge in [-0.2, -0.15) is 0 Å². The molecule has 7 nitrogen and oxygen atoms in total. The van der Waals surface area contributed by atoms with Gasteiger partial charge in [-0.25, -0.2) is 19.2 Å². The molecule has 0 bridgehead atoms. The Morgan fingerprint density at radius 2 is 2.17 bits per heavy atom. The number of aromatic nitrogens is 4. The Bertz CT molecular complexity index is 900. The highest BCUT2D eigenvalue weighted by molar-refractivity contribution is 5.94. The third-order valence-corrected chi connectivity index (χ3v) is 3.94. The summed E-state index contributed by atoms with van der Waals surface area (Å²) in [4.78, 5) is 20.0. The van der Waals surface area contributed by atoms with Crippen molar-refractivity contribution in [2.45, 2.75) is 26.6 Å². The molecular weight excluding hydrogens is 315 g/mol. The number of halogens is 1. The maximum atomic E-state index is 14.3. The summed E-state index contributed by atoms with van der Waals surface area (Å²) in [5.74, 6) is -0.0604. The number of carbonyl (C=O) groups excluding carboxylic acids is 1. The van der Waals surface area contributed by atoms with Gasteiger partial charge in [0.2, 0.25) is 0 Å². The summed E-state index contributed by atoms with van der Waals surface area (Å²) >= 11 is 0. The second kappa shape index (κ2) is 6.40. The van der Waals surface area contributed by atoms with Gasteiger partial charge in [-0.15, -0.1) is 0 Å². The van der Waals surface area contributed by atoms with Gasteiger partial charge in [0.15, 0.2) is 5.82 Å². The third kappa shape index (κ3) is 2.76. The number of esters is 1. The number of hydrogen-bond donors (Lipinski definition) is 1. The van der Waals surface area contributed by atoms with Crippen LogP contribution < -0.4 is 0 Å². The number of nitrogens with zero attached hydrogens (tertiary/aromatic N) is 4. The first-order valence-electron chi connectivity index (χ1n) is 7.40. The number of imidazole rings is 2. The maximum Gasteiger partial charge on any atom is 0.338 e. The van der Waals surface area contributed by atoms with E-state index < -0.39 is 11.8 Å². The highest BCUT2D eigenvalue weighted by Crippen LogP contribution is 2.22. The minimum Gasteiger partial charge on any atom is -0.465 e. The van der Waals surface area contributed by atoms with Crippen molar-refractivity contribution < 1.29 is 19.0 Å². The van der Waals surface area contributed by atoms with Crippen LogP contribution >= 0.6 is 0 Å². The number of rotatable bonds is 5. The van der Waals surface area contributed by atoms with Crippen molar-refractivity contribution in [2.75, 3.05) is 7.11 Å². The van der Waals surface area contributed by atoms with Crippen molar-refractivity contribution in [3.05, 3.63) is 47.6 Å². The lowest BCUT2D eigenvalue weighted by molar-refractivity contribution is 0.0600. The third-order valence-electron chi connectivity index (χ3n) is 3.94. The summed E-state index contributed by atoms with van der Waals surface area (Å²) in [6, 6.07) is 2.61. The summed E-state index contributed by atoms with van der Waals surface area (Å²) in [5, 5.41) is 9.53. The van der Waals surface area contributed by atoms with Crippen LogP contribution in [0.5, 0.6) is 0 Å². The van der Waals surface area contributed by atoms with Crippen LogP contribution in [0.4, 0.5) is 4.39 Å². The van der Waals surface area contributed by atoms with E-state index in [9.17, 15) is 14.3 Å². The maximum absolute atomic E-state index is 14.3. The van der Waals surface area contributed by atoms with E-state index in [2.05, 4.69) is 14.7 Å². The minimum atomic E-state index is -0.625. The Hall–Kier alpha value is -2.74. The summed E-state index contributed by atoms with van der Waals surface area (Å²) in [6.07, 6.45) is 3.54. The number of carbonyl (C=O) groups is 1. The zero-order valence-corrected chi connectivity index (χ0v) is 13.4. The Morgan fingerprint density at radius 3 is 2.79 bits per heavy atom. The SMILES string of the molecule is COC(=O)c1cc(F)c2nc(CO)n(CCn3ccnc3C)c2c1. The molecule has 0 fully saturated rings. The fourth-order valence-corrected chi connectivity index (χ4v) is 2.68.